The molecule has 1 heterocycles. The van der Waals surface area contributed by atoms with Crippen LogP contribution in [0.2, 0.25) is 0 Å². The number of aromatic nitrogens is 2. The Morgan fingerprint density at radius 3 is 2.67 bits per heavy atom. The van der Waals surface area contributed by atoms with Crippen LogP contribution in [0.15, 0.2) is 46.4 Å². The summed E-state index contributed by atoms with van der Waals surface area (Å²) in [6, 6.07) is 1.24. The number of nitrogens with one attached hydrogen (secondary N) is 1. The molecule has 0 saturated heterocycles. The molecule has 1 aromatic heterocycles. The lowest BCUT2D eigenvalue weighted by atomic mass is 10.3. The molecule has 0 fully saturated rings. The number of nitrogens with zero attached hydrogens (tertiary/aromatic N) is 1. The van der Waals surface area contributed by atoms with E-state index in [1.54, 1.807) is 31.3 Å². The SMILES string of the molecule is C=CCOCC(OC(/C=C/P(C)(C)=O)CC)n1ccc(=O)[nH]c1=O. The van der Waals surface area contributed by atoms with Gasteiger partial charge in [-0.3, -0.25) is 14.3 Å². The molecule has 0 aromatic carbocycles. The molecular formula is C16H25N2O5P. The summed E-state index contributed by atoms with van der Waals surface area (Å²) in [5.74, 6) is 1.64. The van der Waals surface area contributed by atoms with Gasteiger partial charge in [-0.15, -0.1) is 6.58 Å². The van der Waals surface area contributed by atoms with Gasteiger partial charge in [0, 0.05) is 12.3 Å². The maximum absolute atomic E-state index is 12.0. The van der Waals surface area contributed by atoms with Crippen LogP contribution in [-0.4, -0.2) is 42.2 Å². The first-order valence-corrected chi connectivity index (χ1v) is 10.3. The van der Waals surface area contributed by atoms with Crippen LogP contribution in [0.25, 0.3) is 0 Å². The van der Waals surface area contributed by atoms with E-state index in [0.717, 1.165) is 0 Å². The molecule has 0 aliphatic heterocycles. The van der Waals surface area contributed by atoms with Gasteiger partial charge in [-0.25, -0.2) is 4.79 Å². The van der Waals surface area contributed by atoms with E-state index in [1.807, 2.05) is 6.92 Å². The highest BCUT2D eigenvalue weighted by Crippen LogP contribution is 2.37. The number of H-pyrrole nitrogens is 1. The molecular weight excluding hydrogens is 331 g/mol. The zero-order valence-electron chi connectivity index (χ0n) is 14.3. The number of hydrogen-bond acceptors (Lipinski definition) is 5. The van der Waals surface area contributed by atoms with Crippen LogP contribution in [-0.2, 0) is 14.0 Å². The van der Waals surface area contributed by atoms with Crippen molar-refractivity contribution in [2.75, 3.05) is 26.5 Å². The molecule has 0 aliphatic rings. The predicted molar refractivity (Wildman–Crippen MR) is 95.1 cm³/mol. The zero-order chi connectivity index (χ0) is 18.2. The van der Waals surface area contributed by atoms with Gasteiger partial charge in [-0.05, 0) is 25.6 Å². The standard InChI is InChI=1S/C16H25N2O5P/c1-5-10-22-12-15(18-9-7-14(19)17-16(18)20)23-13(6-2)8-11-24(3,4)21/h5,7-9,11,13,15H,1,6,10,12H2,2-4H3,(H,17,19,20)/b11-8+. The summed E-state index contributed by atoms with van der Waals surface area (Å²) in [7, 11) is -2.31. The fourth-order valence-corrected chi connectivity index (χ4v) is 2.48. The minimum absolute atomic E-state index is 0.109. The van der Waals surface area contributed by atoms with Crippen molar-refractivity contribution in [3.8, 4) is 0 Å². The van der Waals surface area contributed by atoms with E-state index in [9.17, 15) is 14.2 Å². The number of hydrogen-bond donors (Lipinski definition) is 1. The summed E-state index contributed by atoms with van der Waals surface area (Å²) in [5, 5.41) is 0. The van der Waals surface area contributed by atoms with Gasteiger partial charge in [0.05, 0.1) is 19.3 Å². The molecule has 0 amide bonds. The third kappa shape index (κ3) is 7.25. The Kier molecular flexibility index (Phi) is 8.11. The molecule has 1 aromatic rings. The van der Waals surface area contributed by atoms with Crippen LogP contribution in [0.4, 0.5) is 0 Å². The Bertz CT molecular complexity index is 716. The molecule has 0 aliphatic carbocycles. The minimum Gasteiger partial charge on any atom is -0.373 e. The second kappa shape index (κ2) is 9.57. The molecule has 134 valence electrons. The normalized spacial score (nSPS) is 14.6. The van der Waals surface area contributed by atoms with Gasteiger partial charge >= 0.3 is 5.69 Å². The lowest BCUT2D eigenvalue weighted by Gasteiger charge is -2.24. The van der Waals surface area contributed by atoms with Crippen molar-refractivity contribution in [3.63, 3.8) is 0 Å². The topological polar surface area (TPSA) is 90.4 Å². The largest absolute Gasteiger partial charge is 0.373 e. The average Bonchev–Trinajstić information content (AvgIpc) is 2.49. The Balaban J connectivity index is 3.01. The molecule has 1 rings (SSSR count). The van der Waals surface area contributed by atoms with Crippen LogP contribution in [0.3, 0.4) is 0 Å². The fraction of sp³-hybridized carbons (Fsp3) is 0.500. The Morgan fingerprint density at radius 1 is 1.42 bits per heavy atom. The summed E-state index contributed by atoms with van der Waals surface area (Å²) in [6.07, 6.45) is 4.26. The predicted octanol–water partition coefficient (Wildman–Crippen LogP) is 2.17. The molecule has 8 heteroatoms. The molecule has 24 heavy (non-hydrogen) atoms. The lowest BCUT2D eigenvalue weighted by Crippen LogP contribution is -2.35. The summed E-state index contributed by atoms with van der Waals surface area (Å²) >= 11 is 0. The fourth-order valence-electron chi connectivity index (χ4n) is 1.87. The van der Waals surface area contributed by atoms with Gasteiger partial charge in [0.15, 0.2) is 6.23 Å². The molecule has 7 nitrogen and oxygen atoms in total. The highest BCUT2D eigenvalue weighted by atomic mass is 31.2. The van der Waals surface area contributed by atoms with E-state index in [2.05, 4.69) is 11.6 Å². The minimum atomic E-state index is -2.31. The second-order valence-corrected chi connectivity index (χ2v) is 8.82. The van der Waals surface area contributed by atoms with Crippen LogP contribution in [0.5, 0.6) is 0 Å². The van der Waals surface area contributed by atoms with E-state index in [0.29, 0.717) is 13.0 Å². The highest BCUT2D eigenvalue weighted by molar-refractivity contribution is 7.65. The van der Waals surface area contributed by atoms with Gasteiger partial charge < -0.3 is 14.0 Å². The third-order valence-electron chi connectivity index (χ3n) is 3.05. The van der Waals surface area contributed by atoms with Crippen LogP contribution in [0, 0.1) is 0 Å². The van der Waals surface area contributed by atoms with Gasteiger partial charge in [-0.2, -0.15) is 0 Å². The summed E-state index contributed by atoms with van der Waals surface area (Å²) in [5.41, 5.74) is -1.06. The Labute approximate surface area is 141 Å². The molecule has 2 atom stereocenters. The number of ether oxygens (including phenoxy) is 2. The molecule has 2 unspecified atom stereocenters. The van der Waals surface area contributed by atoms with Crippen molar-refractivity contribution in [2.45, 2.75) is 25.7 Å². The van der Waals surface area contributed by atoms with E-state index in [1.165, 1.54) is 16.8 Å². The molecule has 1 N–H and O–H groups in total. The highest BCUT2D eigenvalue weighted by Gasteiger charge is 2.18. The van der Waals surface area contributed by atoms with E-state index in [4.69, 9.17) is 9.47 Å². The monoisotopic (exact) mass is 356 g/mol. The van der Waals surface area contributed by atoms with Crippen molar-refractivity contribution in [1.82, 2.24) is 9.55 Å². The summed E-state index contributed by atoms with van der Waals surface area (Å²) in [4.78, 5) is 25.4. The average molecular weight is 356 g/mol. The lowest BCUT2D eigenvalue weighted by molar-refractivity contribution is -0.0798. The van der Waals surface area contributed by atoms with Gasteiger partial charge in [0.1, 0.15) is 7.14 Å². The van der Waals surface area contributed by atoms with E-state index in [-0.39, 0.29) is 12.7 Å². The van der Waals surface area contributed by atoms with E-state index >= 15 is 0 Å². The van der Waals surface area contributed by atoms with Crippen molar-refractivity contribution in [2.24, 2.45) is 0 Å². The number of aromatic amines is 1. The van der Waals surface area contributed by atoms with Crippen LogP contribution >= 0.6 is 7.14 Å². The molecule has 0 radical (unpaired) electrons. The Morgan fingerprint density at radius 2 is 2.12 bits per heavy atom. The maximum Gasteiger partial charge on any atom is 0.330 e. The van der Waals surface area contributed by atoms with Gasteiger partial charge in [0.25, 0.3) is 5.56 Å². The molecule has 0 bridgehead atoms. The maximum atomic E-state index is 12.0. The zero-order valence-corrected chi connectivity index (χ0v) is 15.2. The first-order valence-electron chi connectivity index (χ1n) is 7.66. The van der Waals surface area contributed by atoms with Crippen molar-refractivity contribution in [1.29, 1.82) is 0 Å². The van der Waals surface area contributed by atoms with Crippen molar-refractivity contribution < 1.29 is 14.0 Å². The summed E-state index contributed by atoms with van der Waals surface area (Å²) in [6.45, 7) is 9.23. The van der Waals surface area contributed by atoms with Gasteiger partial charge in [-0.1, -0.05) is 19.1 Å². The first kappa shape index (κ1) is 20.4. The van der Waals surface area contributed by atoms with Gasteiger partial charge in [0.2, 0.25) is 0 Å². The van der Waals surface area contributed by atoms with Crippen molar-refractivity contribution >= 4 is 7.14 Å². The quantitative estimate of drug-likeness (QED) is 0.394. The summed E-state index contributed by atoms with van der Waals surface area (Å²) < 4.78 is 24.4. The van der Waals surface area contributed by atoms with Crippen LogP contribution in [0.1, 0.15) is 19.6 Å². The smallest absolute Gasteiger partial charge is 0.330 e. The van der Waals surface area contributed by atoms with E-state index < -0.39 is 24.6 Å². The molecule has 0 saturated carbocycles. The van der Waals surface area contributed by atoms with Crippen molar-refractivity contribution in [3.05, 3.63) is 57.6 Å². The number of rotatable bonds is 10. The Hall–Kier alpha value is -1.69. The second-order valence-electron chi connectivity index (χ2n) is 5.66. The third-order valence-corrected chi connectivity index (χ3v) is 3.94. The molecule has 0 spiro atoms. The van der Waals surface area contributed by atoms with Crippen LogP contribution < -0.4 is 11.2 Å². The first-order chi connectivity index (χ1) is 11.3.